The highest BCUT2D eigenvalue weighted by Gasteiger charge is 2.39. The number of phosphoric acid groups is 1. The van der Waals surface area contributed by atoms with E-state index < -0.39 is 38.2 Å². The van der Waals surface area contributed by atoms with Crippen molar-refractivity contribution < 1.29 is 48.1 Å². The van der Waals surface area contributed by atoms with Crippen molar-refractivity contribution in [1.82, 2.24) is 0 Å². The lowest BCUT2D eigenvalue weighted by Gasteiger charge is -2.20. The molecule has 53 heavy (non-hydrogen) atoms. The van der Waals surface area contributed by atoms with Gasteiger partial charge in [0.2, 0.25) is 0 Å². The molecule has 0 aromatic heterocycles. The maximum Gasteiger partial charge on any atom is 0.472 e. The molecule has 0 radical (unpaired) electrons. The van der Waals surface area contributed by atoms with Crippen LogP contribution in [-0.2, 0) is 27.9 Å². The average molecular weight is 774 g/mol. The molecule has 0 aliphatic heterocycles. The van der Waals surface area contributed by atoms with Crippen molar-refractivity contribution in [3.8, 4) is 0 Å². The zero-order chi connectivity index (χ0) is 39.0. The van der Waals surface area contributed by atoms with Crippen LogP contribution in [0.1, 0.15) is 155 Å². The van der Waals surface area contributed by atoms with Gasteiger partial charge in [0.05, 0.1) is 44.2 Å². The molecule has 1 saturated carbocycles. The summed E-state index contributed by atoms with van der Waals surface area (Å²) >= 11 is 0. The smallest absolute Gasteiger partial charge is 0.472 e. The summed E-state index contributed by atoms with van der Waals surface area (Å²) < 4.78 is 33.1. The lowest BCUT2D eigenvalue weighted by molar-refractivity contribution is -0.146. The number of phosphoric ester groups is 1. The van der Waals surface area contributed by atoms with Gasteiger partial charge in [-0.2, -0.15) is 0 Å². The van der Waals surface area contributed by atoms with Crippen LogP contribution in [0.5, 0.6) is 0 Å². The van der Waals surface area contributed by atoms with Crippen LogP contribution < -0.4 is 5.73 Å². The summed E-state index contributed by atoms with van der Waals surface area (Å²) in [4.78, 5) is 22.4. The molecule has 1 unspecified atom stereocenters. The highest BCUT2D eigenvalue weighted by atomic mass is 31.2. The average Bonchev–Trinajstić information content (AvgIpc) is 3.41. The number of allylic oxidation sites excluding steroid dienone is 2. The van der Waals surface area contributed by atoms with Crippen LogP contribution in [0.4, 0.5) is 0 Å². The topological polar surface area (TPSA) is 178 Å². The Balaban J connectivity index is 2.43. The second-order valence-electron chi connectivity index (χ2n) is 14.6. The van der Waals surface area contributed by atoms with E-state index in [1.54, 1.807) is 18.2 Å². The first-order chi connectivity index (χ1) is 25.6. The largest absolute Gasteiger partial charge is 0.492 e. The second-order valence-corrected chi connectivity index (χ2v) is 16.0. The summed E-state index contributed by atoms with van der Waals surface area (Å²) in [5.74, 6) is -1.05. The molecular weight excluding hydrogens is 697 g/mol. The number of hydrogen-bond donors (Lipinski definition) is 5. The fourth-order valence-electron chi connectivity index (χ4n) is 6.54. The van der Waals surface area contributed by atoms with Gasteiger partial charge in [0, 0.05) is 18.9 Å². The molecular formula is C41H76NO10P. The second kappa shape index (κ2) is 32.7. The molecule has 11 nitrogen and oxygen atoms in total. The zero-order valence-electron chi connectivity index (χ0n) is 33.1. The van der Waals surface area contributed by atoms with Gasteiger partial charge in [-0.25, -0.2) is 4.57 Å². The summed E-state index contributed by atoms with van der Waals surface area (Å²) in [5, 5.41) is 31.3. The van der Waals surface area contributed by atoms with Gasteiger partial charge in [-0.1, -0.05) is 141 Å². The molecule has 1 aliphatic rings. The Morgan fingerprint density at radius 2 is 1.42 bits per heavy atom. The van der Waals surface area contributed by atoms with E-state index in [4.69, 9.17) is 24.3 Å². The van der Waals surface area contributed by atoms with Crippen molar-refractivity contribution in [2.45, 2.75) is 180 Å². The molecule has 6 N–H and O–H groups in total. The minimum Gasteiger partial charge on any atom is -0.492 e. The summed E-state index contributed by atoms with van der Waals surface area (Å²) in [7, 11) is -4.34. The maximum atomic E-state index is 12.5. The van der Waals surface area contributed by atoms with Crippen LogP contribution in [0.3, 0.4) is 0 Å². The summed E-state index contributed by atoms with van der Waals surface area (Å²) in [6.45, 7) is 3.74. The van der Waals surface area contributed by atoms with Crippen molar-refractivity contribution in [3.63, 3.8) is 0 Å². The van der Waals surface area contributed by atoms with E-state index in [1.807, 2.05) is 12.2 Å². The molecule has 7 atom stereocenters. The third-order valence-electron chi connectivity index (χ3n) is 9.75. The molecule has 0 saturated heterocycles. The Morgan fingerprint density at radius 1 is 0.811 bits per heavy atom. The fraction of sp³-hybridized carbons (Fsp3) is 0.829. The molecule has 0 aromatic rings. The number of esters is 1. The minimum atomic E-state index is -4.34. The maximum absolute atomic E-state index is 12.5. The van der Waals surface area contributed by atoms with Crippen LogP contribution in [0, 0.1) is 11.8 Å². The first-order valence-corrected chi connectivity index (χ1v) is 22.3. The Morgan fingerprint density at radius 3 is 2.04 bits per heavy atom. The summed E-state index contributed by atoms with van der Waals surface area (Å²) in [6.07, 6.45) is 31.0. The third kappa shape index (κ3) is 26.8. The summed E-state index contributed by atoms with van der Waals surface area (Å²) in [6, 6.07) is 0. The van der Waals surface area contributed by atoms with Crippen LogP contribution in [0.2, 0.25) is 0 Å². The lowest BCUT2D eigenvalue weighted by Crippen LogP contribution is -2.25. The summed E-state index contributed by atoms with van der Waals surface area (Å²) in [5.41, 5.74) is 5.35. The Kier molecular flexibility index (Phi) is 30.5. The van der Waals surface area contributed by atoms with Gasteiger partial charge < -0.3 is 35.4 Å². The van der Waals surface area contributed by atoms with E-state index in [1.165, 1.54) is 83.3 Å². The molecule has 0 amide bonds. The lowest BCUT2D eigenvalue weighted by atomic mass is 9.89. The minimum absolute atomic E-state index is 0.0251. The van der Waals surface area contributed by atoms with Gasteiger partial charge in [0.1, 0.15) is 6.61 Å². The van der Waals surface area contributed by atoms with Gasteiger partial charge in [0.15, 0.2) is 6.10 Å². The zero-order valence-corrected chi connectivity index (χ0v) is 34.0. The van der Waals surface area contributed by atoms with Crippen LogP contribution in [0.15, 0.2) is 36.6 Å². The van der Waals surface area contributed by atoms with Gasteiger partial charge in [-0.05, 0) is 37.7 Å². The van der Waals surface area contributed by atoms with E-state index in [9.17, 15) is 29.6 Å². The van der Waals surface area contributed by atoms with Crippen molar-refractivity contribution in [2.24, 2.45) is 17.6 Å². The van der Waals surface area contributed by atoms with Crippen molar-refractivity contribution in [1.29, 1.82) is 0 Å². The van der Waals surface area contributed by atoms with Crippen LogP contribution in [0.25, 0.3) is 0 Å². The highest BCUT2D eigenvalue weighted by molar-refractivity contribution is 7.47. The van der Waals surface area contributed by atoms with Gasteiger partial charge in [-0.15, -0.1) is 0 Å². The van der Waals surface area contributed by atoms with Crippen molar-refractivity contribution in [2.75, 3.05) is 26.4 Å². The van der Waals surface area contributed by atoms with E-state index in [0.717, 1.165) is 38.5 Å². The van der Waals surface area contributed by atoms with E-state index in [2.05, 4.69) is 13.8 Å². The molecule has 0 spiro atoms. The molecule has 12 heteroatoms. The fourth-order valence-corrected chi connectivity index (χ4v) is 7.31. The van der Waals surface area contributed by atoms with Crippen LogP contribution in [-0.4, -0.2) is 77.0 Å². The predicted octanol–water partition coefficient (Wildman–Crippen LogP) is 8.58. The van der Waals surface area contributed by atoms with Crippen LogP contribution >= 0.6 is 7.82 Å². The quantitative estimate of drug-likeness (QED) is 0.0137. The molecule has 0 bridgehead atoms. The third-order valence-corrected chi connectivity index (χ3v) is 10.7. The molecule has 1 rings (SSSR count). The number of carbonyl (C=O) groups excluding carboxylic acids is 1. The molecule has 0 heterocycles. The molecule has 1 aliphatic carbocycles. The van der Waals surface area contributed by atoms with Gasteiger partial charge in [-0.3, -0.25) is 13.8 Å². The Hall–Kier alpha value is -1.56. The number of ether oxygens (including phenoxy) is 2. The first-order valence-electron chi connectivity index (χ1n) is 20.8. The number of nitrogens with two attached hydrogens (primary N) is 1. The van der Waals surface area contributed by atoms with Gasteiger partial charge >= 0.3 is 13.8 Å². The van der Waals surface area contributed by atoms with Gasteiger partial charge in [0.25, 0.3) is 0 Å². The number of hydrogen-bond acceptors (Lipinski definition) is 10. The number of unbranched alkanes of at least 4 members (excludes halogenated alkanes) is 16. The predicted molar refractivity (Wildman–Crippen MR) is 212 cm³/mol. The Bertz CT molecular complexity index is 1020. The monoisotopic (exact) mass is 774 g/mol. The van der Waals surface area contributed by atoms with E-state index in [-0.39, 0.29) is 51.0 Å². The number of rotatable bonds is 35. The highest BCUT2D eigenvalue weighted by Crippen LogP contribution is 2.43. The molecule has 1 fully saturated rings. The standard InChI is InChI=1S/C41H76NO10P/c1-3-5-7-8-9-10-11-12-13-14-15-16-17-18-19-23-30-49-36(34-52-53(47,48)51-31-29-42)33-50-41(46)26-22-21-25-37-38(40(45)32-39(37)44)28-27-35(43)24-20-6-4-2/h21-23,27-28,30,35-40,43-45H,3-20,24-26,29,31-34,42H2,1-2H3,(H,47,48)/b22-21-,28-27+,30-23+/t35-,36-,37+,38-,39+,40-/m1/s1. The number of aliphatic hydroxyl groups is 3. The van der Waals surface area contributed by atoms with Crippen molar-refractivity contribution in [3.05, 3.63) is 36.6 Å². The van der Waals surface area contributed by atoms with Crippen molar-refractivity contribution >= 4 is 13.8 Å². The SMILES string of the molecule is CCCCCCCCCCCCCCCC/C=C/O[C@H](COC(=O)C/C=C\C[C@H]1[C@@H](/C=C/[C@H](O)CCCCC)[C@H](O)C[C@@H]1O)COP(=O)(O)OCCN. The Labute approximate surface area is 321 Å². The molecule has 0 aromatic carbocycles. The normalized spacial score (nSPS) is 21.5. The number of carbonyl (C=O) groups is 1. The van der Waals surface area contributed by atoms with E-state index >= 15 is 0 Å². The molecule has 310 valence electrons. The first kappa shape index (κ1) is 49.5. The number of aliphatic hydroxyl groups excluding tert-OH is 3. The van der Waals surface area contributed by atoms with E-state index in [0.29, 0.717) is 12.8 Å².